The van der Waals surface area contributed by atoms with E-state index < -0.39 is 65.8 Å². The van der Waals surface area contributed by atoms with Gasteiger partial charge in [0, 0.05) is 12.0 Å². The predicted molar refractivity (Wildman–Crippen MR) is 200 cm³/mol. The van der Waals surface area contributed by atoms with Crippen molar-refractivity contribution in [2.24, 2.45) is 5.92 Å². The first-order chi connectivity index (χ1) is 26.4. The monoisotopic (exact) mass is 753 g/mol. The van der Waals surface area contributed by atoms with Crippen LogP contribution in [0.3, 0.4) is 0 Å². The Hall–Kier alpha value is -6.16. The molecule has 290 valence electrons. The van der Waals surface area contributed by atoms with Crippen molar-refractivity contribution in [3.05, 3.63) is 107 Å². The van der Waals surface area contributed by atoms with Crippen LogP contribution in [-0.4, -0.2) is 97.8 Å². The number of amides is 5. The van der Waals surface area contributed by atoms with E-state index in [1.807, 2.05) is 30.3 Å². The van der Waals surface area contributed by atoms with Crippen LogP contribution in [0.5, 0.6) is 5.75 Å². The van der Waals surface area contributed by atoms with E-state index >= 15 is 0 Å². The molecule has 2 aliphatic rings. The summed E-state index contributed by atoms with van der Waals surface area (Å²) < 4.78 is 7.67. The zero-order chi connectivity index (χ0) is 39.5. The molecule has 16 heteroatoms. The zero-order valence-electron chi connectivity index (χ0n) is 31.1. The molecular formula is C39H47N9O7. The summed E-state index contributed by atoms with van der Waals surface area (Å²) in [6.07, 6.45) is 0.622. The Bertz CT molecular complexity index is 1900. The Morgan fingerprint density at radius 2 is 1.51 bits per heavy atom. The summed E-state index contributed by atoms with van der Waals surface area (Å²) in [7, 11) is 0. The number of aromatic nitrogens is 4. The highest BCUT2D eigenvalue weighted by Crippen LogP contribution is 2.16. The van der Waals surface area contributed by atoms with Crippen LogP contribution < -0.4 is 31.3 Å². The Labute approximate surface area is 318 Å². The molecule has 0 saturated carbocycles. The van der Waals surface area contributed by atoms with Gasteiger partial charge in [-0.15, -0.1) is 5.10 Å². The van der Waals surface area contributed by atoms with Crippen LogP contribution in [0.15, 0.2) is 85.2 Å². The molecule has 16 nitrogen and oxygen atoms in total. The Kier molecular flexibility index (Phi) is 13.6. The number of aliphatic hydroxyl groups excluding tert-OH is 1. The van der Waals surface area contributed by atoms with E-state index in [0.717, 1.165) is 11.1 Å². The van der Waals surface area contributed by atoms with Gasteiger partial charge < -0.3 is 36.4 Å². The Morgan fingerprint density at radius 1 is 0.836 bits per heavy atom. The molecule has 2 bridgehead atoms. The number of hydrogen-bond donors (Lipinski definition) is 6. The first-order valence-electron chi connectivity index (χ1n) is 18.1. The van der Waals surface area contributed by atoms with Crippen LogP contribution in [0.2, 0.25) is 0 Å². The first kappa shape index (κ1) is 40.0. The molecule has 3 heterocycles. The van der Waals surface area contributed by atoms with Crippen molar-refractivity contribution in [1.82, 2.24) is 46.8 Å². The lowest BCUT2D eigenvalue weighted by Crippen LogP contribution is -2.61. The molecule has 0 radical (unpaired) electrons. The molecule has 6 rings (SSSR count). The molecule has 4 aromatic rings. The molecule has 0 fully saturated rings. The van der Waals surface area contributed by atoms with Gasteiger partial charge in [-0.2, -0.15) is 0 Å². The maximum Gasteiger partial charge on any atom is 0.251 e. The fourth-order valence-corrected chi connectivity index (χ4v) is 5.99. The molecule has 6 atom stereocenters. The van der Waals surface area contributed by atoms with Crippen molar-refractivity contribution in [2.45, 2.75) is 83.4 Å². The van der Waals surface area contributed by atoms with Gasteiger partial charge in [0.15, 0.2) is 0 Å². The third-order valence-electron chi connectivity index (χ3n) is 9.12. The number of hydrogen-bond acceptors (Lipinski definition) is 10. The summed E-state index contributed by atoms with van der Waals surface area (Å²) >= 11 is 0. The fourth-order valence-electron chi connectivity index (χ4n) is 5.99. The number of fused-ring (bicyclic) bond motifs is 17. The number of nitrogens with zero attached hydrogens (tertiary/aromatic N) is 4. The van der Waals surface area contributed by atoms with Gasteiger partial charge in [0.1, 0.15) is 42.9 Å². The minimum atomic E-state index is -1.45. The first-order valence-corrected chi connectivity index (χ1v) is 18.1. The number of carbonyl (C=O) groups is 5. The second kappa shape index (κ2) is 18.7. The highest BCUT2D eigenvalue weighted by atomic mass is 16.5. The third-order valence-corrected chi connectivity index (χ3v) is 9.12. The highest BCUT2D eigenvalue weighted by Gasteiger charge is 2.34. The van der Waals surface area contributed by atoms with E-state index in [1.54, 1.807) is 62.4 Å². The number of tetrazole rings is 1. The lowest BCUT2D eigenvalue weighted by molar-refractivity contribution is -0.136. The number of aliphatic hydroxyl groups is 1. The number of rotatable bonds is 8. The molecule has 1 aromatic heterocycles. The molecule has 0 aliphatic carbocycles. The summed E-state index contributed by atoms with van der Waals surface area (Å²) in [5.41, 5.74) is 2.81. The minimum absolute atomic E-state index is 0.0611. The quantitative estimate of drug-likeness (QED) is 0.138. The van der Waals surface area contributed by atoms with Gasteiger partial charge in [0.2, 0.25) is 23.6 Å². The van der Waals surface area contributed by atoms with Gasteiger partial charge in [-0.25, -0.2) is 4.68 Å². The van der Waals surface area contributed by atoms with Gasteiger partial charge in [-0.3, -0.25) is 24.0 Å². The summed E-state index contributed by atoms with van der Waals surface area (Å²) in [5.74, 6) is -3.02. The molecule has 55 heavy (non-hydrogen) atoms. The van der Waals surface area contributed by atoms with E-state index in [1.165, 1.54) is 24.9 Å². The molecule has 0 unspecified atom stereocenters. The van der Waals surface area contributed by atoms with Crippen LogP contribution in [0.4, 0.5) is 0 Å². The summed E-state index contributed by atoms with van der Waals surface area (Å²) in [6.45, 7) is 6.78. The number of ether oxygens (including phenoxy) is 1. The van der Waals surface area contributed by atoms with Crippen molar-refractivity contribution >= 4 is 29.5 Å². The predicted octanol–water partition coefficient (Wildman–Crippen LogP) is 0.694. The van der Waals surface area contributed by atoms with Crippen molar-refractivity contribution < 1.29 is 33.8 Å². The van der Waals surface area contributed by atoms with Gasteiger partial charge in [-0.1, -0.05) is 68.4 Å². The van der Waals surface area contributed by atoms with Crippen LogP contribution in [-0.2, 0) is 38.6 Å². The average Bonchev–Trinajstić information content (AvgIpc) is 3.68. The van der Waals surface area contributed by atoms with Crippen molar-refractivity contribution in [2.75, 3.05) is 6.61 Å². The summed E-state index contributed by atoms with van der Waals surface area (Å²) in [6, 6.07) is 18.1. The van der Waals surface area contributed by atoms with E-state index in [-0.39, 0.29) is 18.9 Å². The largest absolute Gasteiger partial charge is 0.491 e. The Morgan fingerprint density at radius 3 is 2.15 bits per heavy atom. The van der Waals surface area contributed by atoms with E-state index in [2.05, 4.69) is 42.1 Å². The fraction of sp³-hybridized carbons (Fsp3) is 0.385. The topological polar surface area (TPSA) is 219 Å². The van der Waals surface area contributed by atoms with Crippen LogP contribution in [0.1, 0.15) is 54.7 Å². The molecule has 0 saturated heterocycles. The second-order valence-electron chi connectivity index (χ2n) is 14.0. The zero-order valence-corrected chi connectivity index (χ0v) is 31.1. The van der Waals surface area contributed by atoms with Crippen molar-refractivity contribution in [3.8, 4) is 5.75 Å². The second-order valence-corrected chi connectivity index (χ2v) is 14.0. The van der Waals surface area contributed by atoms with Crippen molar-refractivity contribution in [1.29, 1.82) is 0 Å². The standard InChI is InChI=1S/C39H47N9O7/c1-23(2)33-38(53)42-30(18-26-8-6-5-7-9-26)21-55-31-16-12-27(13-17-31)19-32(37(52)41-24(3)35(50)45-34(25(4)49)39(54)44-33)43-36(51)29-14-10-28(11-15-29)20-48-22-40-46-47-48/h5-17,22-25,30,32-34,49H,18-21H2,1-4H3,(H,41,52)(H,42,53)(H,43,51)(H,44,54)(H,45,50)/t24-,25-,30+,32+,33-,34+/m1/s1. The normalized spacial score (nSPS) is 22.0. The Balaban J connectivity index is 1.40. The van der Waals surface area contributed by atoms with E-state index in [4.69, 9.17) is 4.74 Å². The van der Waals surface area contributed by atoms with Gasteiger partial charge >= 0.3 is 0 Å². The molecule has 5 amide bonds. The molecule has 3 aromatic carbocycles. The van der Waals surface area contributed by atoms with Gasteiger partial charge in [-0.05, 0) is 77.6 Å². The van der Waals surface area contributed by atoms with Crippen LogP contribution in [0, 0.1) is 5.92 Å². The molecule has 6 N–H and O–H groups in total. The van der Waals surface area contributed by atoms with Gasteiger partial charge in [0.05, 0.1) is 18.7 Å². The lowest BCUT2D eigenvalue weighted by atomic mass is 10.0. The highest BCUT2D eigenvalue weighted by molar-refractivity contribution is 5.99. The molecular weight excluding hydrogens is 706 g/mol. The van der Waals surface area contributed by atoms with Crippen molar-refractivity contribution in [3.63, 3.8) is 0 Å². The van der Waals surface area contributed by atoms with Crippen LogP contribution in [0.25, 0.3) is 0 Å². The lowest BCUT2D eigenvalue weighted by Gasteiger charge is -2.29. The SMILES string of the molecule is CC(C)[C@H]1NC(=O)[C@H]([C@@H](C)O)NC(=O)[C@@H](C)NC(=O)[C@@H](NC(=O)c2ccc(Cn3cnnn3)cc2)Cc2ccc(cc2)OC[C@H](Cc2ccccc2)NC1=O. The van der Waals surface area contributed by atoms with Gasteiger partial charge in [0.25, 0.3) is 5.91 Å². The van der Waals surface area contributed by atoms with E-state index in [0.29, 0.717) is 29.8 Å². The average molecular weight is 754 g/mol. The maximum atomic E-state index is 13.7. The van der Waals surface area contributed by atoms with E-state index in [9.17, 15) is 29.1 Å². The summed E-state index contributed by atoms with van der Waals surface area (Å²) in [4.78, 5) is 67.8. The maximum absolute atomic E-state index is 13.7. The number of carbonyl (C=O) groups excluding carboxylic acids is 5. The summed E-state index contributed by atoms with van der Waals surface area (Å²) in [5, 5.41) is 35.3. The number of benzene rings is 3. The molecule has 0 spiro atoms. The number of nitrogens with one attached hydrogen (secondary N) is 5. The smallest absolute Gasteiger partial charge is 0.251 e. The third kappa shape index (κ3) is 11.4. The molecule has 2 aliphatic heterocycles. The van der Waals surface area contributed by atoms with Crippen LogP contribution >= 0.6 is 0 Å². The minimum Gasteiger partial charge on any atom is -0.491 e.